The highest BCUT2D eigenvalue weighted by molar-refractivity contribution is 6.30. The second-order valence-electron chi connectivity index (χ2n) is 5.49. The molecular weight excluding hydrogens is 272 g/mol. The summed E-state index contributed by atoms with van der Waals surface area (Å²) in [6.07, 6.45) is 8.97. The van der Waals surface area contributed by atoms with Crippen molar-refractivity contribution >= 4 is 11.6 Å². The first-order valence-electron chi connectivity index (χ1n) is 7.22. The second kappa shape index (κ2) is 5.98. The molecule has 20 heavy (non-hydrogen) atoms. The van der Waals surface area contributed by atoms with E-state index in [4.69, 9.17) is 11.6 Å². The van der Waals surface area contributed by atoms with Gasteiger partial charge in [-0.05, 0) is 30.5 Å². The van der Waals surface area contributed by atoms with Crippen LogP contribution in [0.25, 0.3) is 11.1 Å². The Balaban J connectivity index is 1.83. The van der Waals surface area contributed by atoms with Gasteiger partial charge in [-0.25, -0.2) is 0 Å². The molecule has 106 valence electrons. The van der Waals surface area contributed by atoms with Gasteiger partial charge in [0.05, 0.1) is 18.3 Å². The van der Waals surface area contributed by atoms with Crippen LogP contribution in [-0.2, 0) is 0 Å². The van der Waals surface area contributed by atoms with E-state index in [2.05, 4.69) is 5.10 Å². The van der Waals surface area contributed by atoms with Crippen molar-refractivity contribution in [2.75, 3.05) is 0 Å². The number of halogens is 1. The Labute approximate surface area is 124 Å². The number of aromatic nitrogens is 2. The van der Waals surface area contributed by atoms with Crippen LogP contribution in [0, 0.1) is 0 Å². The summed E-state index contributed by atoms with van der Waals surface area (Å²) in [4.78, 5) is 0. The molecule has 0 amide bonds. The highest BCUT2D eigenvalue weighted by Gasteiger charge is 2.23. The summed E-state index contributed by atoms with van der Waals surface area (Å²) >= 11 is 5.91. The Morgan fingerprint density at radius 3 is 2.60 bits per heavy atom. The fourth-order valence-corrected chi connectivity index (χ4v) is 3.01. The third-order valence-corrected chi connectivity index (χ3v) is 4.31. The van der Waals surface area contributed by atoms with E-state index in [0.717, 1.165) is 41.8 Å². The normalized spacial score (nSPS) is 23.5. The van der Waals surface area contributed by atoms with E-state index in [1.165, 1.54) is 6.42 Å². The Morgan fingerprint density at radius 1 is 1.05 bits per heavy atom. The lowest BCUT2D eigenvalue weighted by Gasteiger charge is -2.20. The third kappa shape index (κ3) is 2.89. The minimum atomic E-state index is -0.282. The summed E-state index contributed by atoms with van der Waals surface area (Å²) < 4.78 is 1.93. The van der Waals surface area contributed by atoms with Gasteiger partial charge >= 0.3 is 0 Å². The molecule has 4 heteroatoms. The molecule has 0 aliphatic heterocycles. The summed E-state index contributed by atoms with van der Waals surface area (Å²) in [6, 6.07) is 7.86. The van der Waals surface area contributed by atoms with E-state index >= 15 is 0 Å². The highest BCUT2D eigenvalue weighted by atomic mass is 35.5. The van der Waals surface area contributed by atoms with Crippen LogP contribution in [0.3, 0.4) is 0 Å². The zero-order valence-electron chi connectivity index (χ0n) is 11.4. The van der Waals surface area contributed by atoms with Crippen molar-refractivity contribution < 1.29 is 5.11 Å². The minimum Gasteiger partial charge on any atom is -0.391 e. The van der Waals surface area contributed by atoms with Crippen LogP contribution in [0.2, 0.25) is 5.02 Å². The van der Waals surface area contributed by atoms with Gasteiger partial charge in [-0.1, -0.05) is 43.0 Å². The van der Waals surface area contributed by atoms with Crippen LogP contribution >= 0.6 is 11.6 Å². The van der Waals surface area contributed by atoms with Crippen LogP contribution in [-0.4, -0.2) is 21.0 Å². The third-order valence-electron chi connectivity index (χ3n) is 4.06. The molecule has 2 atom stereocenters. The van der Waals surface area contributed by atoms with Gasteiger partial charge < -0.3 is 5.11 Å². The number of rotatable bonds is 2. The average Bonchev–Trinajstić information content (AvgIpc) is 2.83. The van der Waals surface area contributed by atoms with Crippen LogP contribution < -0.4 is 0 Å². The number of hydrogen-bond acceptors (Lipinski definition) is 2. The molecule has 1 aliphatic carbocycles. The van der Waals surface area contributed by atoms with Crippen molar-refractivity contribution in [2.24, 2.45) is 0 Å². The fraction of sp³-hybridized carbons (Fsp3) is 0.438. The number of hydrogen-bond donors (Lipinski definition) is 1. The van der Waals surface area contributed by atoms with Gasteiger partial charge in [0.15, 0.2) is 0 Å². The Kier molecular flexibility index (Phi) is 4.08. The fourth-order valence-electron chi connectivity index (χ4n) is 2.89. The van der Waals surface area contributed by atoms with E-state index in [-0.39, 0.29) is 12.1 Å². The molecule has 1 saturated carbocycles. The lowest BCUT2D eigenvalue weighted by atomic mass is 10.1. The van der Waals surface area contributed by atoms with E-state index in [1.54, 1.807) is 0 Å². The quantitative estimate of drug-likeness (QED) is 0.847. The smallest absolute Gasteiger partial charge is 0.0778 e. The van der Waals surface area contributed by atoms with E-state index in [1.807, 2.05) is 41.3 Å². The molecule has 2 unspecified atom stereocenters. The number of benzene rings is 1. The van der Waals surface area contributed by atoms with Gasteiger partial charge in [-0.2, -0.15) is 5.10 Å². The summed E-state index contributed by atoms with van der Waals surface area (Å²) in [7, 11) is 0. The van der Waals surface area contributed by atoms with E-state index in [9.17, 15) is 5.11 Å². The molecule has 3 nitrogen and oxygen atoms in total. The van der Waals surface area contributed by atoms with Gasteiger partial charge in [0.25, 0.3) is 0 Å². The molecule has 0 radical (unpaired) electrons. The van der Waals surface area contributed by atoms with E-state index < -0.39 is 0 Å². The molecule has 1 aliphatic rings. The van der Waals surface area contributed by atoms with Crippen molar-refractivity contribution in [1.82, 2.24) is 9.78 Å². The first-order valence-corrected chi connectivity index (χ1v) is 7.60. The molecule has 1 N–H and O–H groups in total. The molecule has 3 rings (SSSR count). The van der Waals surface area contributed by atoms with Crippen LogP contribution in [0.4, 0.5) is 0 Å². The Morgan fingerprint density at radius 2 is 1.80 bits per heavy atom. The highest BCUT2D eigenvalue weighted by Crippen LogP contribution is 2.29. The maximum Gasteiger partial charge on any atom is 0.0778 e. The van der Waals surface area contributed by atoms with Crippen molar-refractivity contribution in [2.45, 2.75) is 44.2 Å². The van der Waals surface area contributed by atoms with Gasteiger partial charge in [-0.15, -0.1) is 0 Å². The molecular formula is C16H19ClN2O. The van der Waals surface area contributed by atoms with Gasteiger partial charge in [0.2, 0.25) is 0 Å². The van der Waals surface area contributed by atoms with Gasteiger partial charge in [0.1, 0.15) is 0 Å². The molecule has 2 aromatic rings. The van der Waals surface area contributed by atoms with Crippen molar-refractivity contribution in [3.63, 3.8) is 0 Å². The lowest BCUT2D eigenvalue weighted by molar-refractivity contribution is 0.0991. The van der Waals surface area contributed by atoms with Crippen LogP contribution in [0.1, 0.15) is 38.1 Å². The van der Waals surface area contributed by atoms with Crippen molar-refractivity contribution in [3.8, 4) is 11.1 Å². The maximum absolute atomic E-state index is 10.2. The largest absolute Gasteiger partial charge is 0.391 e. The second-order valence-corrected chi connectivity index (χ2v) is 5.93. The molecule has 0 bridgehead atoms. The molecule has 0 spiro atoms. The minimum absolute atomic E-state index is 0.110. The summed E-state index contributed by atoms with van der Waals surface area (Å²) in [5, 5.41) is 15.4. The van der Waals surface area contributed by atoms with Crippen molar-refractivity contribution in [3.05, 3.63) is 41.7 Å². The maximum atomic E-state index is 10.2. The summed E-state index contributed by atoms with van der Waals surface area (Å²) in [5.41, 5.74) is 2.17. The van der Waals surface area contributed by atoms with Gasteiger partial charge in [-0.3, -0.25) is 4.68 Å². The monoisotopic (exact) mass is 290 g/mol. The zero-order valence-corrected chi connectivity index (χ0v) is 12.1. The van der Waals surface area contributed by atoms with Crippen LogP contribution in [0.5, 0.6) is 0 Å². The number of aliphatic hydroxyl groups excluding tert-OH is 1. The predicted octanol–water partition coefficient (Wildman–Crippen LogP) is 4.07. The molecule has 0 saturated heterocycles. The SMILES string of the molecule is OC1CCCCCC1n1cc(-c2ccc(Cl)cc2)cn1. The van der Waals surface area contributed by atoms with Crippen LogP contribution in [0.15, 0.2) is 36.7 Å². The number of nitrogens with zero attached hydrogens (tertiary/aromatic N) is 2. The molecule has 1 heterocycles. The topological polar surface area (TPSA) is 38.0 Å². The average molecular weight is 291 g/mol. The molecule has 1 aromatic carbocycles. The number of aliphatic hydroxyl groups is 1. The Hall–Kier alpha value is -1.32. The summed E-state index contributed by atoms with van der Waals surface area (Å²) in [5.74, 6) is 0. The molecule has 1 aromatic heterocycles. The Bertz CT molecular complexity index is 564. The first kappa shape index (κ1) is 13.7. The standard InChI is InChI=1S/C16H19ClN2O/c17-14-8-6-12(7-9-14)13-10-18-19(11-13)15-4-2-1-3-5-16(15)20/h6-11,15-16,20H,1-5H2. The van der Waals surface area contributed by atoms with Crippen molar-refractivity contribution in [1.29, 1.82) is 0 Å². The predicted molar refractivity (Wildman–Crippen MR) is 80.8 cm³/mol. The van der Waals surface area contributed by atoms with Gasteiger partial charge in [0, 0.05) is 16.8 Å². The zero-order chi connectivity index (χ0) is 13.9. The summed E-state index contributed by atoms with van der Waals surface area (Å²) in [6.45, 7) is 0. The first-order chi connectivity index (χ1) is 9.74. The van der Waals surface area contributed by atoms with E-state index in [0.29, 0.717) is 0 Å². The molecule has 1 fully saturated rings. The lowest BCUT2D eigenvalue weighted by Crippen LogP contribution is -2.23.